The summed E-state index contributed by atoms with van der Waals surface area (Å²) >= 11 is 0. The minimum atomic E-state index is -0.996. The number of benzene rings is 2. The summed E-state index contributed by atoms with van der Waals surface area (Å²) in [4.78, 5) is 25.2. The van der Waals surface area contributed by atoms with Gasteiger partial charge in [-0.05, 0) is 18.9 Å². The maximum Gasteiger partial charge on any atom is 0.360 e. The normalized spacial score (nSPS) is 14.9. The zero-order chi connectivity index (χ0) is 17.2. The lowest BCUT2D eigenvalue weighted by Crippen LogP contribution is -2.33. The molecule has 1 atom stereocenters. The number of fused-ring (bicyclic) bond motifs is 1. The number of nitrogens with zero attached hydrogens (tertiary/aromatic N) is 1. The van der Waals surface area contributed by atoms with Crippen LogP contribution in [0.1, 0.15) is 35.0 Å². The molecule has 0 saturated heterocycles. The number of aromatic amines is 1. The van der Waals surface area contributed by atoms with Gasteiger partial charge in [0.25, 0.3) is 5.91 Å². The highest BCUT2D eigenvalue weighted by molar-refractivity contribution is 6.02. The Morgan fingerprint density at radius 3 is 2.56 bits per heavy atom. The summed E-state index contributed by atoms with van der Waals surface area (Å²) in [6.07, 6.45) is 0.931. The van der Waals surface area contributed by atoms with Crippen molar-refractivity contribution in [1.29, 1.82) is 0 Å². The van der Waals surface area contributed by atoms with Gasteiger partial charge in [-0.2, -0.15) is 5.10 Å². The van der Waals surface area contributed by atoms with Crippen molar-refractivity contribution in [3.8, 4) is 0 Å². The average Bonchev–Trinajstić information content (AvgIpc) is 3.35. The molecule has 0 aliphatic heterocycles. The molecule has 6 nitrogen and oxygen atoms in total. The van der Waals surface area contributed by atoms with E-state index in [9.17, 15) is 9.59 Å². The van der Waals surface area contributed by atoms with Crippen molar-refractivity contribution >= 4 is 22.8 Å². The highest BCUT2D eigenvalue weighted by Gasteiger charge is 2.31. The summed E-state index contributed by atoms with van der Waals surface area (Å²) in [7, 11) is 0. The molecular weight excluding hydrogens is 318 g/mol. The highest BCUT2D eigenvalue weighted by atomic mass is 16.5. The Hall–Kier alpha value is -3.15. The molecule has 126 valence electrons. The van der Waals surface area contributed by atoms with E-state index in [0.717, 1.165) is 18.4 Å². The molecule has 3 aromatic rings. The maximum absolute atomic E-state index is 12.6. The van der Waals surface area contributed by atoms with Crippen molar-refractivity contribution in [3.63, 3.8) is 0 Å². The van der Waals surface area contributed by atoms with Gasteiger partial charge in [0, 0.05) is 17.0 Å². The van der Waals surface area contributed by atoms with Crippen LogP contribution in [0.2, 0.25) is 0 Å². The van der Waals surface area contributed by atoms with Crippen molar-refractivity contribution in [2.75, 3.05) is 0 Å². The standard InChI is InChI=1S/C19H17N3O3/c23-18(20-13-10-11-13)17(12-6-2-1-3-7-12)25-19(24)16-14-8-4-5-9-15(14)21-22-16/h1-9,13,17H,10-11H2,(H,20,23)(H,21,22)/t17-/m0/s1. The van der Waals surface area contributed by atoms with Crippen LogP contribution in [0.15, 0.2) is 54.6 Å². The number of aromatic nitrogens is 2. The number of ether oxygens (including phenoxy) is 1. The van der Waals surface area contributed by atoms with Crippen molar-refractivity contribution in [1.82, 2.24) is 15.5 Å². The van der Waals surface area contributed by atoms with Crippen molar-refractivity contribution in [2.45, 2.75) is 25.0 Å². The molecular formula is C19H17N3O3. The smallest absolute Gasteiger partial charge is 0.360 e. The molecule has 1 fully saturated rings. The van der Waals surface area contributed by atoms with Gasteiger partial charge in [0.2, 0.25) is 6.10 Å². The van der Waals surface area contributed by atoms with Gasteiger partial charge in [-0.15, -0.1) is 0 Å². The predicted molar refractivity (Wildman–Crippen MR) is 91.9 cm³/mol. The summed E-state index contributed by atoms with van der Waals surface area (Å²) in [6.45, 7) is 0. The number of amides is 1. The molecule has 0 spiro atoms. The van der Waals surface area contributed by atoms with E-state index < -0.39 is 12.1 Å². The van der Waals surface area contributed by atoms with Crippen LogP contribution in [-0.4, -0.2) is 28.1 Å². The van der Waals surface area contributed by atoms with E-state index in [1.165, 1.54) is 0 Å². The summed E-state index contributed by atoms with van der Waals surface area (Å²) in [5, 5.41) is 10.4. The molecule has 0 unspecified atom stereocenters. The zero-order valence-electron chi connectivity index (χ0n) is 13.4. The molecule has 0 bridgehead atoms. The number of rotatable bonds is 5. The fourth-order valence-corrected chi connectivity index (χ4v) is 2.69. The van der Waals surface area contributed by atoms with Crippen molar-refractivity contribution < 1.29 is 14.3 Å². The van der Waals surface area contributed by atoms with Crippen LogP contribution >= 0.6 is 0 Å². The van der Waals surface area contributed by atoms with Gasteiger partial charge in [0.15, 0.2) is 5.69 Å². The van der Waals surface area contributed by atoms with Crippen LogP contribution in [0.4, 0.5) is 0 Å². The van der Waals surface area contributed by atoms with Gasteiger partial charge in [-0.1, -0.05) is 48.5 Å². The molecule has 4 rings (SSSR count). The Morgan fingerprint density at radius 2 is 1.80 bits per heavy atom. The maximum atomic E-state index is 12.6. The molecule has 1 aliphatic rings. The predicted octanol–water partition coefficient (Wildman–Crippen LogP) is 2.74. The Bertz CT molecular complexity index is 916. The largest absolute Gasteiger partial charge is 0.442 e. The fourth-order valence-electron chi connectivity index (χ4n) is 2.69. The molecule has 1 aliphatic carbocycles. The summed E-state index contributed by atoms with van der Waals surface area (Å²) in [5.74, 6) is -0.931. The van der Waals surface area contributed by atoms with E-state index in [1.54, 1.807) is 18.2 Å². The third-order valence-electron chi connectivity index (χ3n) is 4.15. The molecule has 1 aromatic heterocycles. The van der Waals surface area contributed by atoms with Gasteiger partial charge >= 0.3 is 5.97 Å². The van der Waals surface area contributed by atoms with E-state index in [0.29, 0.717) is 10.9 Å². The van der Waals surface area contributed by atoms with Crippen molar-refractivity contribution in [3.05, 3.63) is 65.9 Å². The van der Waals surface area contributed by atoms with E-state index in [1.807, 2.05) is 36.4 Å². The van der Waals surface area contributed by atoms with Gasteiger partial charge < -0.3 is 10.1 Å². The van der Waals surface area contributed by atoms with E-state index >= 15 is 0 Å². The molecule has 6 heteroatoms. The Kier molecular flexibility index (Phi) is 3.93. The van der Waals surface area contributed by atoms with Crippen LogP contribution in [-0.2, 0) is 9.53 Å². The number of H-pyrrole nitrogens is 1. The fraction of sp³-hybridized carbons (Fsp3) is 0.211. The Morgan fingerprint density at radius 1 is 1.08 bits per heavy atom. The number of nitrogens with one attached hydrogen (secondary N) is 2. The second kappa shape index (κ2) is 6.39. The summed E-state index contributed by atoms with van der Waals surface area (Å²) in [6, 6.07) is 16.5. The van der Waals surface area contributed by atoms with E-state index in [-0.39, 0.29) is 17.6 Å². The van der Waals surface area contributed by atoms with Crippen molar-refractivity contribution in [2.24, 2.45) is 0 Å². The second-order valence-electron chi connectivity index (χ2n) is 6.10. The lowest BCUT2D eigenvalue weighted by molar-refractivity contribution is -0.130. The number of esters is 1. The number of carbonyl (C=O) groups excluding carboxylic acids is 2. The monoisotopic (exact) mass is 335 g/mol. The zero-order valence-corrected chi connectivity index (χ0v) is 13.4. The topological polar surface area (TPSA) is 84.1 Å². The lowest BCUT2D eigenvalue weighted by atomic mass is 10.1. The number of hydrogen-bond acceptors (Lipinski definition) is 4. The minimum absolute atomic E-state index is 0.177. The quantitative estimate of drug-likeness (QED) is 0.702. The second-order valence-corrected chi connectivity index (χ2v) is 6.10. The van der Waals surface area contributed by atoms with Crippen LogP contribution < -0.4 is 5.32 Å². The Labute approximate surface area is 144 Å². The summed E-state index contributed by atoms with van der Waals surface area (Å²) in [5.41, 5.74) is 1.55. The molecule has 2 N–H and O–H groups in total. The van der Waals surface area contributed by atoms with E-state index in [4.69, 9.17) is 4.74 Å². The molecule has 0 radical (unpaired) electrons. The first-order chi connectivity index (χ1) is 12.2. The van der Waals surface area contributed by atoms with Gasteiger partial charge in [0.05, 0.1) is 5.52 Å². The highest BCUT2D eigenvalue weighted by Crippen LogP contribution is 2.25. The van der Waals surface area contributed by atoms with Gasteiger partial charge in [0.1, 0.15) is 0 Å². The first-order valence-electron chi connectivity index (χ1n) is 8.22. The first-order valence-corrected chi connectivity index (χ1v) is 8.22. The molecule has 1 saturated carbocycles. The SMILES string of the molecule is O=C(O[C@H](C(=O)NC1CC1)c1ccccc1)c1n[nH]c2ccccc12. The lowest BCUT2D eigenvalue weighted by Gasteiger charge is -2.17. The number of carbonyl (C=O) groups is 2. The van der Waals surface area contributed by atoms with Crippen LogP contribution in [0.3, 0.4) is 0 Å². The molecule has 2 aromatic carbocycles. The molecule has 1 heterocycles. The van der Waals surface area contributed by atoms with Gasteiger partial charge in [-0.25, -0.2) is 4.79 Å². The minimum Gasteiger partial charge on any atom is -0.442 e. The average molecular weight is 335 g/mol. The third kappa shape index (κ3) is 3.24. The van der Waals surface area contributed by atoms with E-state index in [2.05, 4.69) is 15.5 Å². The van der Waals surface area contributed by atoms with Crippen LogP contribution in [0, 0.1) is 0 Å². The first kappa shape index (κ1) is 15.4. The van der Waals surface area contributed by atoms with Crippen LogP contribution in [0.25, 0.3) is 10.9 Å². The molecule has 1 amide bonds. The van der Waals surface area contributed by atoms with Gasteiger partial charge in [-0.3, -0.25) is 9.89 Å². The number of para-hydroxylation sites is 1. The number of hydrogen-bond donors (Lipinski definition) is 2. The summed E-state index contributed by atoms with van der Waals surface area (Å²) < 4.78 is 5.55. The Balaban J connectivity index is 1.61. The third-order valence-corrected chi connectivity index (χ3v) is 4.15. The van der Waals surface area contributed by atoms with Crippen LogP contribution in [0.5, 0.6) is 0 Å². The molecule has 25 heavy (non-hydrogen) atoms.